The Balaban J connectivity index is 1.15. The number of benzene rings is 2. The smallest absolute Gasteiger partial charge is 0.259 e. The van der Waals surface area contributed by atoms with Crippen LogP contribution in [0.1, 0.15) is 46.5 Å². The summed E-state index contributed by atoms with van der Waals surface area (Å²) in [7, 11) is -3.26. The zero-order valence-corrected chi connectivity index (χ0v) is 28.2. The van der Waals surface area contributed by atoms with Crippen LogP contribution in [-0.2, 0) is 18.6 Å². The molecule has 2 aromatic rings. The lowest BCUT2D eigenvalue weighted by molar-refractivity contribution is -0.122. The van der Waals surface area contributed by atoms with E-state index in [4.69, 9.17) is 13.8 Å². The number of amides is 1. The van der Waals surface area contributed by atoms with Gasteiger partial charge in [0.1, 0.15) is 26.0 Å². The first-order chi connectivity index (χ1) is 21.3. The van der Waals surface area contributed by atoms with Crippen LogP contribution in [0.4, 0.5) is 0 Å². The number of ether oxygens (including phenoxy) is 1. The van der Waals surface area contributed by atoms with E-state index in [9.17, 15) is 4.79 Å². The Labute approximate surface area is 264 Å². The van der Waals surface area contributed by atoms with E-state index in [-0.39, 0.29) is 36.4 Å². The second-order valence-electron chi connectivity index (χ2n) is 12.7. The number of carbonyl (C=O) groups is 1. The Kier molecular flexibility index (Phi) is 9.52. The molecule has 3 fully saturated rings. The average Bonchev–Trinajstić information content (AvgIpc) is 3.75. The molecule has 0 spiro atoms. The molecular formula is C34H45N4O4PSi. The zero-order valence-electron chi connectivity index (χ0n) is 26.3. The Morgan fingerprint density at radius 2 is 1.82 bits per heavy atom. The number of nitrogens with one attached hydrogen (secondary N) is 1. The molecule has 10 heteroatoms. The van der Waals surface area contributed by atoms with E-state index in [1.54, 1.807) is 6.08 Å². The lowest BCUT2D eigenvalue weighted by atomic mass is 10.1. The highest BCUT2D eigenvalue weighted by Crippen LogP contribution is 2.58. The third kappa shape index (κ3) is 6.36. The molecule has 6 rings (SSSR count). The quantitative estimate of drug-likeness (QED) is 0.297. The average molecular weight is 633 g/mol. The standard InChI is InChI=1S/C34H45N4O4PSi/c1-6-29-30(22-33(40-29)37-21-19-32(35-25(37)4)36-34(39)24(2)3)41-43-38-20-13-18-28(38)31(42-43)23-44(5,26-14-9-7-10-15-26)27-16-11-8-12-17-27/h7-12,14-17,19,21,24,28-31,33H,4,6,13,18,20,22-23H2,1-3,5H3,(H,35,36,39)/t28-,29-,30?,31+,33-,43-/m1/s1. The molecule has 0 aliphatic carbocycles. The Bertz CT molecular complexity index is 1350. The van der Waals surface area contributed by atoms with Crippen LogP contribution in [0.25, 0.3) is 0 Å². The predicted octanol–water partition coefficient (Wildman–Crippen LogP) is 5.35. The summed E-state index contributed by atoms with van der Waals surface area (Å²) < 4.78 is 22.8. The van der Waals surface area contributed by atoms with Crippen molar-refractivity contribution in [1.29, 1.82) is 0 Å². The molecule has 1 amide bonds. The van der Waals surface area contributed by atoms with Crippen molar-refractivity contribution in [2.75, 3.05) is 6.54 Å². The summed E-state index contributed by atoms with van der Waals surface area (Å²) >= 11 is 0. The van der Waals surface area contributed by atoms with Crippen LogP contribution in [0.15, 0.2) is 90.3 Å². The molecule has 2 aromatic carbocycles. The molecule has 4 aliphatic rings. The zero-order chi connectivity index (χ0) is 30.8. The van der Waals surface area contributed by atoms with Gasteiger partial charge in [-0.15, -0.1) is 0 Å². The molecule has 234 valence electrons. The highest BCUT2D eigenvalue weighted by molar-refractivity contribution is 7.45. The number of rotatable bonds is 9. The Morgan fingerprint density at radius 3 is 2.43 bits per heavy atom. The maximum atomic E-state index is 12.1. The van der Waals surface area contributed by atoms with Crippen LogP contribution < -0.4 is 15.7 Å². The molecule has 44 heavy (non-hydrogen) atoms. The number of hydrogen-bond acceptors (Lipinski definition) is 7. The van der Waals surface area contributed by atoms with Crippen LogP contribution in [0, 0.1) is 5.92 Å². The Hall–Kier alpha value is -2.65. The van der Waals surface area contributed by atoms with Crippen molar-refractivity contribution in [3.63, 3.8) is 0 Å². The molecular weight excluding hydrogens is 587 g/mol. The number of hydrogen-bond donors (Lipinski definition) is 1. The van der Waals surface area contributed by atoms with E-state index in [0.29, 0.717) is 24.1 Å². The predicted molar refractivity (Wildman–Crippen MR) is 179 cm³/mol. The first-order valence-corrected chi connectivity index (χ1v) is 19.8. The van der Waals surface area contributed by atoms with Gasteiger partial charge in [0, 0.05) is 31.1 Å². The number of fused-ring (bicyclic) bond motifs is 1. The minimum absolute atomic E-state index is 0.0494. The summed E-state index contributed by atoms with van der Waals surface area (Å²) in [4.78, 5) is 18.6. The van der Waals surface area contributed by atoms with Crippen LogP contribution in [0.5, 0.6) is 0 Å². The van der Waals surface area contributed by atoms with Crippen molar-refractivity contribution >= 4 is 38.7 Å². The van der Waals surface area contributed by atoms with Gasteiger partial charge < -0.3 is 24.0 Å². The van der Waals surface area contributed by atoms with Gasteiger partial charge in [-0.05, 0) is 31.4 Å². The van der Waals surface area contributed by atoms with E-state index < -0.39 is 16.6 Å². The summed E-state index contributed by atoms with van der Waals surface area (Å²) in [5.74, 6) is 0.846. The molecule has 4 heterocycles. The van der Waals surface area contributed by atoms with Gasteiger partial charge in [-0.3, -0.25) is 4.79 Å². The fourth-order valence-corrected chi connectivity index (χ4v) is 12.8. The maximum absolute atomic E-state index is 12.1. The van der Waals surface area contributed by atoms with E-state index in [0.717, 1.165) is 25.4 Å². The lowest BCUT2D eigenvalue weighted by Crippen LogP contribution is -2.58. The summed E-state index contributed by atoms with van der Waals surface area (Å²) in [5.41, 5.74) is 0. The van der Waals surface area contributed by atoms with Gasteiger partial charge >= 0.3 is 0 Å². The van der Waals surface area contributed by atoms with Gasteiger partial charge in [-0.25, -0.2) is 9.66 Å². The number of aliphatic imine (C=N–C) groups is 1. The highest BCUT2D eigenvalue weighted by atomic mass is 31.2. The van der Waals surface area contributed by atoms with E-state index in [1.807, 2.05) is 24.9 Å². The van der Waals surface area contributed by atoms with Crippen molar-refractivity contribution in [1.82, 2.24) is 14.9 Å². The van der Waals surface area contributed by atoms with Crippen molar-refractivity contribution in [2.45, 2.75) is 89.6 Å². The third-order valence-corrected chi connectivity index (χ3v) is 15.7. The van der Waals surface area contributed by atoms with Crippen molar-refractivity contribution in [2.24, 2.45) is 10.9 Å². The van der Waals surface area contributed by atoms with Gasteiger partial charge in [0.15, 0.2) is 0 Å². The Morgan fingerprint density at radius 1 is 1.14 bits per heavy atom. The van der Waals surface area contributed by atoms with E-state index in [1.165, 1.54) is 16.8 Å². The molecule has 1 N–H and O–H groups in total. The van der Waals surface area contributed by atoms with Crippen LogP contribution >= 0.6 is 8.53 Å². The van der Waals surface area contributed by atoms with E-state index in [2.05, 4.69) is 95.7 Å². The largest absolute Gasteiger partial charge is 0.352 e. The van der Waals surface area contributed by atoms with Crippen LogP contribution in [-0.4, -0.2) is 66.5 Å². The number of amidine groups is 1. The van der Waals surface area contributed by atoms with Crippen molar-refractivity contribution in [3.8, 4) is 0 Å². The summed E-state index contributed by atoms with van der Waals surface area (Å²) in [6, 6.07) is 23.5. The van der Waals surface area contributed by atoms with Gasteiger partial charge in [0.05, 0.1) is 18.3 Å². The third-order valence-electron chi connectivity index (χ3n) is 9.40. The molecule has 0 bridgehead atoms. The summed E-state index contributed by atoms with van der Waals surface area (Å²) in [6.07, 6.45) is 7.31. The molecule has 0 radical (unpaired) electrons. The highest BCUT2D eigenvalue weighted by Gasteiger charge is 2.52. The molecule has 4 aliphatic heterocycles. The van der Waals surface area contributed by atoms with Crippen molar-refractivity contribution < 1.29 is 18.6 Å². The topological polar surface area (TPSA) is 75.6 Å². The first-order valence-electron chi connectivity index (χ1n) is 16.0. The second kappa shape index (κ2) is 13.4. The molecule has 3 saturated heterocycles. The lowest BCUT2D eigenvalue weighted by Gasteiger charge is -2.32. The van der Waals surface area contributed by atoms with Crippen LogP contribution in [0.3, 0.4) is 0 Å². The fraction of sp³-hybridized carbons (Fsp3) is 0.471. The molecule has 0 aromatic heterocycles. The number of carbonyl (C=O) groups excluding carboxylic acids is 1. The molecule has 1 unspecified atom stereocenters. The van der Waals surface area contributed by atoms with Gasteiger partial charge in [-0.2, -0.15) is 0 Å². The monoisotopic (exact) mass is 632 g/mol. The fourth-order valence-electron chi connectivity index (χ4n) is 6.81. The van der Waals surface area contributed by atoms with Crippen LogP contribution in [0.2, 0.25) is 12.6 Å². The summed E-state index contributed by atoms with van der Waals surface area (Å²) in [5, 5.41) is 5.74. The first kappa shape index (κ1) is 31.3. The van der Waals surface area contributed by atoms with Crippen molar-refractivity contribution in [3.05, 3.63) is 85.3 Å². The van der Waals surface area contributed by atoms with Gasteiger partial charge in [0.25, 0.3) is 8.53 Å². The SMILES string of the molecule is C=C1N=C(NC(=O)C(C)C)C=CN1[C@H]1CC(O[P@]2O[C@@H](C[Si](C)(c3ccccc3)c3ccccc3)[C@H]3CCCN32)[C@@H](CC)O1. The minimum Gasteiger partial charge on any atom is -0.352 e. The van der Waals surface area contributed by atoms with E-state index >= 15 is 0 Å². The second-order valence-corrected chi connectivity index (χ2v) is 18.4. The molecule has 8 nitrogen and oxygen atoms in total. The minimum atomic E-state index is -2.07. The molecule has 0 saturated carbocycles. The normalized spacial score (nSPS) is 28.9. The number of nitrogens with zero attached hydrogens (tertiary/aromatic N) is 3. The summed E-state index contributed by atoms with van der Waals surface area (Å²) in [6.45, 7) is 13.5. The van der Waals surface area contributed by atoms with Gasteiger partial charge in [0.2, 0.25) is 5.91 Å². The maximum Gasteiger partial charge on any atom is 0.259 e. The van der Waals surface area contributed by atoms with Gasteiger partial charge in [-0.1, -0.05) is 105 Å². The molecule has 6 atom stereocenters.